The highest BCUT2D eigenvalue weighted by molar-refractivity contribution is 5.79. The van der Waals surface area contributed by atoms with Crippen LogP contribution >= 0.6 is 0 Å². The van der Waals surface area contributed by atoms with Crippen molar-refractivity contribution in [3.05, 3.63) is 0 Å². The fourth-order valence-corrected chi connectivity index (χ4v) is 3.37. The van der Waals surface area contributed by atoms with E-state index in [1.165, 1.54) is 0 Å². The molecule has 0 saturated carbocycles. The summed E-state index contributed by atoms with van der Waals surface area (Å²) in [5.74, 6) is 2.03. The lowest BCUT2D eigenvalue weighted by Crippen LogP contribution is -2.64. The van der Waals surface area contributed by atoms with Gasteiger partial charge in [0.25, 0.3) is 0 Å². The number of carbonyl (C=O) groups excluding carboxylic acids is 1. The van der Waals surface area contributed by atoms with Gasteiger partial charge in [-0.25, -0.2) is 0 Å². The van der Waals surface area contributed by atoms with Gasteiger partial charge in [0.1, 0.15) is 54.6 Å². The monoisotopic (exact) mass is 420 g/mol. The maximum Gasteiger partial charge on any atom is 0.187 e. The molecule has 0 aromatic carbocycles. The van der Waals surface area contributed by atoms with Gasteiger partial charge in [-0.3, -0.25) is 4.79 Å². The van der Waals surface area contributed by atoms with Gasteiger partial charge < -0.3 is 50.0 Å². The van der Waals surface area contributed by atoms with Crippen molar-refractivity contribution >= 4 is 5.78 Å². The fraction of sp³-hybridized carbons (Fsp3) is 0.833. The second kappa shape index (κ2) is 10.7. The highest BCUT2D eigenvalue weighted by Gasteiger charge is 2.50. The Hall–Kier alpha value is -1.17. The molecule has 0 aliphatic carbocycles. The molecular weight excluding hydrogens is 392 g/mol. The van der Waals surface area contributed by atoms with Crippen molar-refractivity contribution in [3.8, 4) is 12.3 Å². The van der Waals surface area contributed by atoms with E-state index in [2.05, 4.69) is 5.92 Å². The number of aliphatic hydroxyl groups is 7. The predicted molar refractivity (Wildman–Crippen MR) is 94.1 cm³/mol. The van der Waals surface area contributed by atoms with Gasteiger partial charge >= 0.3 is 0 Å². The molecule has 2 aliphatic rings. The second-order valence-corrected chi connectivity index (χ2v) is 7.12. The van der Waals surface area contributed by atoms with E-state index in [0.717, 1.165) is 0 Å². The van der Waals surface area contributed by atoms with Crippen molar-refractivity contribution in [3.63, 3.8) is 0 Å². The van der Waals surface area contributed by atoms with Crippen molar-refractivity contribution < 1.29 is 54.8 Å². The molecule has 10 atom stereocenters. The Labute approximate surface area is 167 Å². The molecule has 2 heterocycles. The van der Waals surface area contributed by atoms with Gasteiger partial charge in [-0.2, -0.15) is 0 Å². The molecule has 2 fully saturated rings. The number of terminal acetylenes is 1. The largest absolute Gasteiger partial charge is 0.394 e. The molecule has 0 bridgehead atoms. The minimum absolute atomic E-state index is 0.0771. The minimum Gasteiger partial charge on any atom is -0.394 e. The number of hydrogen-bond acceptors (Lipinski definition) is 11. The highest BCUT2D eigenvalue weighted by atomic mass is 16.7. The number of rotatable bonds is 8. The lowest BCUT2D eigenvalue weighted by atomic mass is 9.91. The summed E-state index contributed by atoms with van der Waals surface area (Å²) < 4.78 is 16.2. The summed E-state index contributed by atoms with van der Waals surface area (Å²) in [6.45, 7) is -1.33. The van der Waals surface area contributed by atoms with Crippen molar-refractivity contribution in [2.24, 2.45) is 0 Å². The topological polar surface area (TPSA) is 186 Å². The van der Waals surface area contributed by atoms with E-state index in [-0.39, 0.29) is 25.0 Å². The van der Waals surface area contributed by atoms with Crippen LogP contribution in [-0.2, 0) is 19.0 Å². The van der Waals surface area contributed by atoms with Gasteiger partial charge in [-0.15, -0.1) is 12.3 Å². The summed E-state index contributed by atoms with van der Waals surface area (Å²) >= 11 is 0. The fourth-order valence-electron chi connectivity index (χ4n) is 3.37. The highest BCUT2D eigenvalue weighted by Crippen LogP contribution is 2.30. The Morgan fingerprint density at radius 2 is 1.48 bits per heavy atom. The van der Waals surface area contributed by atoms with Crippen LogP contribution in [0.5, 0.6) is 0 Å². The van der Waals surface area contributed by atoms with Crippen LogP contribution in [0.15, 0.2) is 0 Å². The van der Waals surface area contributed by atoms with Crippen LogP contribution in [-0.4, -0.2) is 116 Å². The molecule has 6 unspecified atom stereocenters. The third-order valence-electron chi connectivity index (χ3n) is 5.08. The summed E-state index contributed by atoms with van der Waals surface area (Å²) in [4.78, 5) is 11.9. The lowest BCUT2D eigenvalue weighted by Gasteiger charge is -2.46. The minimum atomic E-state index is -1.74. The summed E-state index contributed by atoms with van der Waals surface area (Å²) in [5.41, 5.74) is 0. The first-order valence-corrected chi connectivity index (χ1v) is 9.28. The van der Waals surface area contributed by atoms with E-state index in [4.69, 9.17) is 20.6 Å². The van der Waals surface area contributed by atoms with Crippen LogP contribution in [0.2, 0.25) is 0 Å². The van der Waals surface area contributed by atoms with Crippen molar-refractivity contribution in [1.29, 1.82) is 0 Å². The van der Waals surface area contributed by atoms with Gasteiger partial charge in [0.15, 0.2) is 6.29 Å². The van der Waals surface area contributed by atoms with Crippen molar-refractivity contribution in [2.75, 3.05) is 13.2 Å². The average molecular weight is 420 g/mol. The maximum absolute atomic E-state index is 11.9. The zero-order valence-corrected chi connectivity index (χ0v) is 15.6. The van der Waals surface area contributed by atoms with E-state index >= 15 is 0 Å². The number of hydrogen-bond donors (Lipinski definition) is 7. The molecule has 11 nitrogen and oxygen atoms in total. The Morgan fingerprint density at radius 3 is 2.07 bits per heavy atom. The normalized spacial score (nSPS) is 43.0. The van der Waals surface area contributed by atoms with Gasteiger partial charge in [0.05, 0.1) is 19.3 Å². The predicted octanol–water partition coefficient (Wildman–Crippen LogP) is -3.97. The lowest BCUT2D eigenvalue weighted by molar-refractivity contribution is -0.341. The van der Waals surface area contributed by atoms with Crippen LogP contribution in [0.3, 0.4) is 0 Å². The molecule has 11 heteroatoms. The number of carbonyl (C=O) groups is 1. The van der Waals surface area contributed by atoms with E-state index in [0.29, 0.717) is 0 Å². The maximum atomic E-state index is 11.9. The van der Waals surface area contributed by atoms with Gasteiger partial charge in [0.2, 0.25) is 0 Å². The Morgan fingerprint density at radius 1 is 0.862 bits per heavy atom. The van der Waals surface area contributed by atoms with E-state index in [9.17, 15) is 40.5 Å². The molecule has 0 radical (unpaired) electrons. The van der Waals surface area contributed by atoms with Crippen molar-refractivity contribution in [2.45, 2.75) is 80.5 Å². The molecule has 2 rings (SSSR count). The average Bonchev–Trinajstić information content (AvgIpc) is 2.71. The molecule has 2 aliphatic heterocycles. The first-order chi connectivity index (χ1) is 13.7. The summed E-state index contributed by atoms with van der Waals surface area (Å²) in [7, 11) is 0. The Kier molecular flexibility index (Phi) is 8.92. The van der Waals surface area contributed by atoms with Crippen LogP contribution in [0, 0.1) is 12.3 Å². The first kappa shape index (κ1) is 24.1. The van der Waals surface area contributed by atoms with Gasteiger partial charge in [-0.05, 0) is 0 Å². The van der Waals surface area contributed by atoms with Crippen LogP contribution < -0.4 is 0 Å². The quantitative estimate of drug-likeness (QED) is 0.190. The molecular formula is C18H28O11. The molecule has 2 saturated heterocycles. The summed E-state index contributed by atoms with van der Waals surface area (Å²) in [6.07, 6.45) is -9.57. The van der Waals surface area contributed by atoms with Crippen LogP contribution in [0.4, 0.5) is 0 Å². The number of aliphatic hydroxyl groups excluding tert-OH is 7. The van der Waals surface area contributed by atoms with E-state index in [1.807, 2.05) is 0 Å². The number of ketones is 1. The molecule has 7 N–H and O–H groups in total. The van der Waals surface area contributed by atoms with E-state index < -0.39 is 74.4 Å². The molecule has 0 spiro atoms. The van der Waals surface area contributed by atoms with Gasteiger partial charge in [-0.1, -0.05) is 0 Å². The molecule has 29 heavy (non-hydrogen) atoms. The summed E-state index contributed by atoms with van der Waals surface area (Å²) in [5, 5.41) is 69.3. The third-order valence-corrected chi connectivity index (χ3v) is 5.08. The Balaban J connectivity index is 2.07. The molecule has 0 aromatic rings. The standard InChI is InChI=1S/C18H28O11/c1-2-3-4-8(21)5-9-12(22)15(25)17(11(7-20)27-9)29-18-16(26)14(24)13(23)10(6-19)28-18/h1,9-20,22-26H,3-7H2/t9-,10?,11?,12?,13-,14?,15?,16?,17+,18-/m0/s1. The van der Waals surface area contributed by atoms with E-state index in [1.54, 1.807) is 0 Å². The van der Waals surface area contributed by atoms with Gasteiger partial charge in [0, 0.05) is 19.3 Å². The number of ether oxygens (including phenoxy) is 3. The Bertz CT molecular complexity index is 575. The first-order valence-electron chi connectivity index (χ1n) is 9.28. The molecule has 166 valence electrons. The van der Waals surface area contributed by atoms with Crippen LogP contribution in [0.1, 0.15) is 19.3 Å². The third kappa shape index (κ3) is 5.50. The zero-order chi connectivity index (χ0) is 21.7. The van der Waals surface area contributed by atoms with Crippen LogP contribution in [0.25, 0.3) is 0 Å². The number of Topliss-reactive ketones (excluding diaryl/α,β-unsaturated/α-hetero) is 1. The molecule has 0 aromatic heterocycles. The smallest absolute Gasteiger partial charge is 0.187 e. The summed E-state index contributed by atoms with van der Waals surface area (Å²) in [6, 6.07) is 0. The second-order valence-electron chi connectivity index (χ2n) is 7.12. The van der Waals surface area contributed by atoms with Crippen molar-refractivity contribution in [1.82, 2.24) is 0 Å². The molecule has 0 amide bonds. The SMILES string of the molecule is C#CCCC(=O)C[C@@H]1OC(CO)[C@@H](O[C@@H]2OC(CO)[C@H](O)C(O)C2O)C(O)C1O. The zero-order valence-electron chi connectivity index (χ0n) is 15.6.